The molecule has 0 unspecified atom stereocenters. The molecule has 1 fully saturated rings. The van der Waals surface area contributed by atoms with E-state index in [1.807, 2.05) is 13.0 Å². The van der Waals surface area contributed by atoms with E-state index in [0.29, 0.717) is 23.8 Å². The predicted molar refractivity (Wildman–Crippen MR) is 85.2 cm³/mol. The summed E-state index contributed by atoms with van der Waals surface area (Å²) in [6.45, 7) is 2.52. The Morgan fingerprint density at radius 1 is 1.39 bits per heavy atom. The molecule has 1 amide bonds. The van der Waals surface area contributed by atoms with Gasteiger partial charge in [-0.1, -0.05) is 0 Å². The van der Waals surface area contributed by atoms with Gasteiger partial charge in [0.2, 0.25) is 0 Å². The van der Waals surface area contributed by atoms with E-state index in [1.165, 1.54) is 12.3 Å². The van der Waals surface area contributed by atoms with Crippen LogP contribution in [0.1, 0.15) is 41.9 Å². The number of hydrogen-bond donors (Lipinski definition) is 1. The van der Waals surface area contributed by atoms with Crippen molar-refractivity contribution in [3.8, 4) is 0 Å². The standard InChI is InChI=1S/C15H18N4O3S/c1-3-19-13(9-12(18-19)10-4-5-10)15(20)17-11-6-7-16-14(8-11)23(2,21)22/h6-10H,3-5H2,1-2H3,(H,16,17,20). The fourth-order valence-corrected chi connectivity index (χ4v) is 2.92. The zero-order valence-electron chi connectivity index (χ0n) is 13.0. The highest BCUT2D eigenvalue weighted by Crippen LogP contribution is 2.39. The van der Waals surface area contributed by atoms with Crippen LogP contribution in [0.4, 0.5) is 5.69 Å². The molecule has 3 rings (SSSR count). The third-order valence-electron chi connectivity index (χ3n) is 3.70. The fourth-order valence-electron chi connectivity index (χ4n) is 2.32. The van der Waals surface area contributed by atoms with Crippen LogP contribution in [0.15, 0.2) is 29.4 Å². The normalized spacial score (nSPS) is 14.7. The molecule has 23 heavy (non-hydrogen) atoms. The molecular weight excluding hydrogens is 316 g/mol. The molecule has 0 spiro atoms. The van der Waals surface area contributed by atoms with E-state index in [2.05, 4.69) is 15.4 Å². The number of nitrogens with zero attached hydrogens (tertiary/aromatic N) is 3. The van der Waals surface area contributed by atoms with E-state index < -0.39 is 9.84 Å². The molecule has 2 heterocycles. The maximum absolute atomic E-state index is 12.5. The number of aryl methyl sites for hydroxylation is 1. The predicted octanol–water partition coefficient (Wildman–Crippen LogP) is 1.83. The van der Waals surface area contributed by atoms with Crippen molar-refractivity contribution in [3.63, 3.8) is 0 Å². The number of anilines is 1. The molecule has 1 aliphatic rings. The molecule has 122 valence electrons. The van der Waals surface area contributed by atoms with Crippen molar-refractivity contribution in [1.29, 1.82) is 0 Å². The van der Waals surface area contributed by atoms with Crippen LogP contribution in [0.25, 0.3) is 0 Å². The molecule has 1 aliphatic carbocycles. The number of carbonyl (C=O) groups excluding carboxylic acids is 1. The minimum Gasteiger partial charge on any atom is -0.321 e. The molecule has 0 aliphatic heterocycles. The van der Waals surface area contributed by atoms with Crippen molar-refractivity contribution in [2.75, 3.05) is 11.6 Å². The second kappa shape index (κ2) is 5.77. The van der Waals surface area contributed by atoms with E-state index in [1.54, 1.807) is 10.7 Å². The van der Waals surface area contributed by atoms with Crippen molar-refractivity contribution >= 4 is 21.4 Å². The Bertz CT molecular complexity index is 853. The minimum absolute atomic E-state index is 0.0713. The zero-order valence-corrected chi connectivity index (χ0v) is 13.8. The van der Waals surface area contributed by atoms with Gasteiger partial charge >= 0.3 is 0 Å². The van der Waals surface area contributed by atoms with Gasteiger partial charge in [0.05, 0.1) is 5.69 Å². The van der Waals surface area contributed by atoms with Gasteiger partial charge in [0.1, 0.15) is 5.69 Å². The molecule has 2 aromatic heterocycles. The minimum atomic E-state index is -3.42. The van der Waals surface area contributed by atoms with E-state index in [-0.39, 0.29) is 10.9 Å². The van der Waals surface area contributed by atoms with E-state index >= 15 is 0 Å². The van der Waals surface area contributed by atoms with Crippen LogP contribution in [0, 0.1) is 0 Å². The topological polar surface area (TPSA) is 93.9 Å². The van der Waals surface area contributed by atoms with Gasteiger partial charge in [0.15, 0.2) is 14.9 Å². The molecule has 7 nitrogen and oxygen atoms in total. The average molecular weight is 334 g/mol. The van der Waals surface area contributed by atoms with Crippen LogP contribution in [0.2, 0.25) is 0 Å². The smallest absolute Gasteiger partial charge is 0.273 e. The largest absolute Gasteiger partial charge is 0.321 e. The van der Waals surface area contributed by atoms with Gasteiger partial charge in [0, 0.05) is 30.6 Å². The molecule has 2 aromatic rings. The fraction of sp³-hybridized carbons (Fsp3) is 0.400. The summed E-state index contributed by atoms with van der Waals surface area (Å²) in [6, 6.07) is 4.72. The second-order valence-corrected chi connectivity index (χ2v) is 7.62. The van der Waals surface area contributed by atoms with Crippen LogP contribution in [-0.2, 0) is 16.4 Å². The van der Waals surface area contributed by atoms with Gasteiger partial charge in [-0.2, -0.15) is 5.10 Å². The Balaban J connectivity index is 1.84. The summed E-state index contributed by atoms with van der Waals surface area (Å²) < 4.78 is 24.7. The Kier molecular flexibility index (Phi) is 3.93. The molecule has 0 atom stereocenters. The number of aromatic nitrogens is 3. The van der Waals surface area contributed by atoms with Crippen molar-refractivity contribution in [3.05, 3.63) is 35.8 Å². The lowest BCUT2D eigenvalue weighted by Gasteiger charge is -2.07. The van der Waals surface area contributed by atoms with E-state index in [9.17, 15) is 13.2 Å². The third kappa shape index (κ3) is 3.42. The molecular formula is C15H18N4O3S. The third-order valence-corrected chi connectivity index (χ3v) is 4.68. The second-order valence-electron chi connectivity index (χ2n) is 5.65. The highest BCUT2D eigenvalue weighted by molar-refractivity contribution is 7.90. The Hall–Kier alpha value is -2.22. The highest BCUT2D eigenvalue weighted by atomic mass is 32.2. The number of amides is 1. The maximum Gasteiger partial charge on any atom is 0.273 e. The Labute approximate surface area is 134 Å². The molecule has 0 aromatic carbocycles. The number of pyridine rings is 1. The first kappa shape index (κ1) is 15.7. The maximum atomic E-state index is 12.5. The summed E-state index contributed by atoms with van der Waals surface area (Å²) in [5.41, 5.74) is 1.82. The molecule has 1 N–H and O–H groups in total. The quantitative estimate of drug-likeness (QED) is 0.900. The van der Waals surface area contributed by atoms with Gasteiger partial charge in [-0.25, -0.2) is 13.4 Å². The first-order chi connectivity index (χ1) is 10.9. The zero-order chi connectivity index (χ0) is 16.6. The number of rotatable bonds is 5. The lowest BCUT2D eigenvalue weighted by Crippen LogP contribution is -2.17. The Morgan fingerprint density at radius 3 is 2.74 bits per heavy atom. The summed E-state index contributed by atoms with van der Waals surface area (Å²) in [5.74, 6) is 0.156. The van der Waals surface area contributed by atoms with E-state index in [0.717, 1.165) is 24.8 Å². The van der Waals surface area contributed by atoms with Crippen molar-refractivity contribution in [1.82, 2.24) is 14.8 Å². The van der Waals surface area contributed by atoms with Crippen LogP contribution >= 0.6 is 0 Å². The molecule has 8 heteroatoms. The molecule has 0 radical (unpaired) electrons. The van der Waals surface area contributed by atoms with Gasteiger partial charge in [-0.3, -0.25) is 9.48 Å². The summed E-state index contributed by atoms with van der Waals surface area (Å²) >= 11 is 0. The van der Waals surface area contributed by atoms with Crippen LogP contribution in [-0.4, -0.2) is 35.3 Å². The lowest BCUT2D eigenvalue weighted by molar-refractivity contribution is 0.101. The summed E-state index contributed by atoms with van der Waals surface area (Å²) in [7, 11) is -3.42. The van der Waals surface area contributed by atoms with Crippen molar-refractivity contribution in [2.24, 2.45) is 0 Å². The van der Waals surface area contributed by atoms with Crippen LogP contribution < -0.4 is 5.32 Å². The number of carbonyl (C=O) groups is 1. The molecule has 0 saturated heterocycles. The van der Waals surface area contributed by atoms with Gasteiger partial charge in [0.25, 0.3) is 5.91 Å². The first-order valence-electron chi connectivity index (χ1n) is 7.43. The van der Waals surface area contributed by atoms with Crippen LogP contribution in [0.3, 0.4) is 0 Å². The SMILES string of the molecule is CCn1nc(C2CC2)cc1C(=O)Nc1ccnc(S(C)(=O)=O)c1. The molecule has 0 bridgehead atoms. The van der Waals surface area contributed by atoms with Crippen molar-refractivity contribution < 1.29 is 13.2 Å². The average Bonchev–Trinajstić information content (AvgIpc) is 3.25. The van der Waals surface area contributed by atoms with Gasteiger partial charge < -0.3 is 5.32 Å². The van der Waals surface area contributed by atoms with Gasteiger partial charge in [-0.05, 0) is 38.0 Å². The first-order valence-corrected chi connectivity index (χ1v) is 9.33. The summed E-state index contributed by atoms with van der Waals surface area (Å²) in [6.07, 6.45) is 4.67. The van der Waals surface area contributed by atoms with E-state index in [4.69, 9.17) is 0 Å². The monoisotopic (exact) mass is 334 g/mol. The summed E-state index contributed by atoms with van der Waals surface area (Å²) in [5, 5.41) is 7.10. The Morgan fingerprint density at radius 2 is 2.13 bits per heavy atom. The lowest BCUT2D eigenvalue weighted by atomic mass is 10.2. The van der Waals surface area contributed by atoms with Gasteiger partial charge in [-0.15, -0.1) is 0 Å². The highest BCUT2D eigenvalue weighted by Gasteiger charge is 2.28. The van der Waals surface area contributed by atoms with Crippen LogP contribution in [0.5, 0.6) is 0 Å². The number of nitrogens with one attached hydrogen (secondary N) is 1. The molecule has 1 saturated carbocycles. The number of sulfone groups is 1. The summed E-state index contributed by atoms with van der Waals surface area (Å²) in [4.78, 5) is 16.3. The van der Waals surface area contributed by atoms with Crippen molar-refractivity contribution in [2.45, 2.75) is 37.3 Å². The number of hydrogen-bond acceptors (Lipinski definition) is 5.